The van der Waals surface area contributed by atoms with Crippen LogP contribution < -0.4 is 5.73 Å². The molecule has 0 rings (SSSR count). The molecule has 4 heavy (non-hydrogen) atoms. The first-order valence-corrected chi connectivity index (χ1v) is 0.493. The minimum atomic E-state index is 0. The molecule has 0 aliphatic rings. The van der Waals surface area contributed by atoms with Crippen LogP contribution in [0, 0.1) is 31.1 Å². The fourth-order valence-electron chi connectivity index (χ4n) is 0. The van der Waals surface area contributed by atoms with Crippen molar-refractivity contribution in [2.24, 2.45) is 5.73 Å². The first-order valence-electron chi connectivity index (χ1n) is 0.493. The maximum atomic E-state index is 8.46. The zero-order valence-corrected chi connectivity index (χ0v) is 6.15. The van der Waals surface area contributed by atoms with E-state index in [1.807, 2.05) is 0 Å². The van der Waals surface area contributed by atoms with Gasteiger partial charge in [-0.3, -0.25) is 0 Å². The fourth-order valence-corrected chi connectivity index (χ4v) is 0. The molecule has 0 bridgehead atoms. The van der Waals surface area contributed by atoms with Gasteiger partial charge in [0.15, 0.2) is 0 Å². The predicted octanol–water partition coefficient (Wildman–Crippen LogP) is -0.988. The van der Waals surface area contributed by atoms with E-state index < -0.39 is 0 Å². The Kier molecular flexibility index (Phi) is 21.3. The summed E-state index contributed by atoms with van der Waals surface area (Å²) in [5.74, 6) is 0. The molecule has 0 saturated heterocycles. The molecular weight excluding hydrogens is 280 g/mol. The van der Waals surface area contributed by atoms with E-state index in [0.717, 1.165) is 6.41 Å². The number of carbonyl (C=O) groups excluding carboxylic acids is 1. The summed E-state index contributed by atoms with van der Waals surface area (Å²) in [5, 5.41) is 0. The summed E-state index contributed by atoms with van der Waals surface area (Å²) < 4.78 is 0. The minimum absolute atomic E-state index is 0. The minimum Gasteiger partial charge on any atom is -0.543 e. The van der Waals surface area contributed by atoms with Crippen molar-refractivity contribution in [2.75, 3.05) is 0 Å². The van der Waals surface area contributed by atoms with Crippen LogP contribution in [-0.2, 0) is 4.79 Å². The normalized spacial score (nSPS) is 3.00. The summed E-state index contributed by atoms with van der Waals surface area (Å²) in [4.78, 5) is 8.46. The number of amides is 1. The Hall–Kier alpha value is 0.522. The van der Waals surface area contributed by atoms with Crippen LogP contribution in [0.4, 0.5) is 0 Å². The average molecular weight is 282 g/mol. The maximum Gasteiger partial charge on any atom is 2.00 e. The number of nitrogens with two attached hydrogens (primary N) is 1. The molecule has 2 N–H and O–H groups in total. The molecule has 2 nitrogen and oxygen atoms in total. The van der Waals surface area contributed by atoms with Gasteiger partial charge in [0.25, 0.3) is 0 Å². The van der Waals surface area contributed by atoms with Gasteiger partial charge in [-0.25, -0.2) is 0 Å². The van der Waals surface area contributed by atoms with Crippen LogP contribution >= 0.6 is 0 Å². The van der Waals surface area contributed by atoms with Gasteiger partial charge in [-0.05, 0) is 0 Å². The third-order valence-electron chi connectivity index (χ3n) is 0. The second-order valence-electron chi connectivity index (χ2n) is 0.118. The number of hydrogen-bond acceptors (Lipinski definition) is 1. The molecule has 0 aromatic carbocycles. The van der Waals surface area contributed by atoms with Crippen LogP contribution in [0.1, 0.15) is 0 Å². The summed E-state index contributed by atoms with van der Waals surface area (Å²) >= 11 is 0. The average Bonchev–Trinajstić information content (AvgIpc) is 0.918. The van der Waals surface area contributed by atoms with Gasteiger partial charge in [-0.15, -0.1) is 0 Å². The molecule has 0 radical (unpaired) electrons. The van der Waals surface area contributed by atoms with Crippen LogP contribution in [0.5, 0.6) is 0 Å². The van der Waals surface area contributed by atoms with E-state index in [0.29, 0.717) is 0 Å². The molecule has 0 spiro atoms. The van der Waals surface area contributed by atoms with Crippen LogP contribution in [0.2, 0.25) is 0 Å². The molecule has 20 valence electrons. The molecule has 0 aromatic heterocycles. The van der Waals surface area contributed by atoms with Gasteiger partial charge >= 0.3 is 31.1 Å². The summed E-state index contributed by atoms with van der Waals surface area (Å²) in [7, 11) is 0. The molecular formula is CH2NOU+. The van der Waals surface area contributed by atoms with E-state index in [-0.39, 0.29) is 31.1 Å². The Morgan fingerprint density at radius 2 is 1.75 bits per heavy atom. The van der Waals surface area contributed by atoms with E-state index in [2.05, 4.69) is 5.73 Å². The van der Waals surface area contributed by atoms with E-state index in [9.17, 15) is 0 Å². The predicted molar refractivity (Wildman–Crippen MR) is 9.88 cm³/mol. The van der Waals surface area contributed by atoms with Crippen molar-refractivity contribution in [3.05, 3.63) is 0 Å². The Balaban J connectivity index is 0. The van der Waals surface area contributed by atoms with Crippen molar-refractivity contribution in [1.82, 2.24) is 0 Å². The fraction of sp³-hybridized carbons (Fsp3) is 0. The van der Waals surface area contributed by atoms with Crippen molar-refractivity contribution in [3.63, 3.8) is 0 Å². The van der Waals surface area contributed by atoms with Gasteiger partial charge in [0.2, 0.25) is 0 Å². The second kappa shape index (κ2) is 9.67. The van der Waals surface area contributed by atoms with Gasteiger partial charge in [0, 0.05) is 0 Å². The number of hydrogen-bond donors (Lipinski definition) is 1. The van der Waals surface area contributed by atoms with Crippen molar-refractivity contribution in [2.45, 2.75) is 0 Å². The van der Waals surface area contributed by atoms with Crippen LogP contribution in [-0.4, -0.2) is 6.41 Å². The van der Waals surface area contributed by atoms with E-state index in [1.165, 1.54) is 0 Å². The Bertz CT molecular complexity index is 15.5. The van der Waals surface area contributed by atoms with Crippen LogP contribution in [0.3, 0.4) is 0 Å². The zero-order valence-electron chi connectivity index (χ0n) is 1.99. The third kappa shape index (κ3) is 21.4. The standard InChI is InChI=1S/CH2NO.U/c2-1-3;/h(H2,2,3);/q-1;+2. The topological polar surface area (TPSA) is 43.1 Å². The van der Waals surface area contributed by atoms with Gasteiger partial charge in [-0.2, -0.15) is 6.41 Å². The third-order valence-corrected chi connectivity index (χ3v) is 0. The quantitative estimate of drug-likeness (QED) is 0.450. The molecule has 0 aliphatic carbocycles. The zero-order chi connectivity index (χ0) is 2.71. The first-order chi connectivity index (χ1) is 1.41. The van der Waals surface area contributed by atoms with Gasteiger partial charge in [0.05, 0.1) is 0 Å². The Morgan fingerprint density at radius 3 is 1.75 bits per heavy atom. The van der Waals surface area contributed by atoms with Crippen molar-refractivity contribution < 1.29 is 35.9 Å². The molecule has 0 heterocycles. The molecule has 0 atom stereocenters. The first kappa shape index (κ1) is 8.82. The molecule has 0 saturated carbocycles. The van der Waals surface area contributed by atoms with E-state index in [4.69, 9.17) is 4.79 Å². The Morgan fingerprint density at radius 1 is 1.75 bits per heavy atom. The number of rotatable bonds is 0. The maximum absolute atomic E-state index is 8.46. The molecule has 0 fully saturated rings. The Labute approximate surface area is 48.1 Å². The van der Waals surface area contributed by atoms with Crippen LogP contribution in [0.25, 0.3) is 0 Å². The molecule has 0 aromatic rings. The van der Waals surface area contributed by atoms with Crippen molar-refractivity contribution in [3.8, 4) is 0 Å². The van der Waals surface area contributed by atoms with Crippen molar-refractivity contribution in [1.29, 1.82) is 0 Å². The second-order valence-corrected chi connectivity index (χ2v) is 0.118. The van der Waals surface area contributed by atoms with E-state index >= 15 is 0 Å². The monoisotopic (exact) mass is 282 g/mol. The molecule has 1 amide bonds. The summed E-state index contributed by atoms with van der Waals surface area (Å²) in [6.45, 7) is 0. The van der Waals surface area contributed by atoms with Crippen molar-refractivity contribution >= 4 is 6.41 Å². The molecule has 3 heteroatoms. The summed E-state index contributed by atoms with van der Waals surface area (Å²) in [5.41, 5.74) is 4.04. The van der Waals surface area contributed by atoms with Gasteiger partial charge in [0.1, 0.15) is 0 Å². The largest absolute Gasteiger partial charge is 2.00 e. The van der Waals surface area contributed by atoms with Gasteiger partial charge in [-0.1, -0.05) is 0 Å². The smallest absolute Gasteiger partial charge is 0.543 e. The molecule has 0 unspecified atom stereocenters. The molecule has 0 aliphatic heterocycles. The summed E-state index contributed by atoms with van der Waals surface area (Å²) in [6, 6.07) is 0. The van der Waals surface area contributed by atoms with E-state index in [1.54, 1.807) is 0 Å². The number of primary amides is 1. The van der Waals surface area contributed by atoms with Crippen LogP contribution in [0.15, 0.2) is 0 Å². The van der Waals surface area contributed by atoms with Gasteiger partial charge < -0.3 is 10.5 Å². The SMILES string of the molecule is N[C-]=O.[U+2]. The summed E-state index contributed by atoms with van der Waals surface area (Å²) in [6.07, 6.45) is 1.00.